The lowest BCUT2D eigenvalue weighted by Gasteiger charge is -2.38. The highest BCUT2D eigenvalue weighted by molar-refractivity contribution is 6.30. The van der Waals surface area contributed by atoms with Crippen molar-refractivity contribution >= 4 is 11.6 Å². The summed E-state index contributed by atoms with van der Waals surface area (Å²) in [4.78, 5) is 2.69. The van der Waals surface area contributed by atoms with E-state index in [0.29, 0.717) is 12.0 Å². The second-order valence-corrected chi connectivity index (χ2v) is 7.86. The molecule has 0 aromatic heterocycles. The third-order valence-electron chi connectivity index (χ3n) is 5.95. The first-order valence-corrected chi connectivity index (χ1v) is 9.79. The molecule has 1 aliphatic carbocycles. The second kappa shape index (κ2) is 8.50. The lowest BCUT2D eigenvalue weighted by molar-refractivity contribution is 0.164. The van der Waals surface area contributed by atoms with Crippen molar-refractivity contribution < 1.29 is 0 Å². The van der Waals surface area contributed by atoms with Gasteiger partial charge in [0.2, 0.25) is 0 Å². The average Bonchev–Trinajstić information content (AvgIpc) is 2.61. The minimum Gasteiger partial charge on any atom is -0.317 e. The topological polar surface area (TPSA) is 15.3 Å². The number of hydrogen-bond acceptors (Lipinski definition) is 2. The van der Waals surface area contributed by atoms with Crippen LogP contribution in [0.3, 0.4) is 0 Å². The van der Waals surface area contributed by atoms with Crippen LogP contribution in [-0.2, 0) is 0 Å². The Kier molecular flexibility index (Phi) is 6.38. The van der Waals surface area contributed by atoms with Gasteiger partial charge in [0, 0.05) is 17.6 Å². The molecule has 2 nitrogen and oxygen atoms in total. The maximum Gasteiger partial charge on any atom is 0.0408 e. The third-order valence-corrected chi connectivity index (χ3v) is 6.18. The first-order valence-electron chi connectivity index (χ1n) is 9.41. The van der Waals surface area contributed by atoms with Gasteiger partial charge in [0.15, 0.2) is 0 Å². The fourth-order valence-electron chi connectivity index (χ4n) is 4.48. The van der Waals surface area contributed by atoms with Crippen LogP contribution in [0.25, 0.3) is 0 Å². The highest BCUT2D eigenvalue weighted by Crippen LogP contribution is 2.37. The summed E-state index contributed by atoms with van der Waals surface area (Å²) in [6.07, 6.45) is 9.58. The van der Waals surface area contributed by atoms with Crippen LogP contribution in [0, 0.1) is 5.92 Å². The Balaban J connectivity index is 1.70. The molecular weight excluding hydrogens is 304 g/mol. The molecule has 0 bridgehead atoms. The SMILES string of the molecule is CNC1CCN(CC(c2cccc(Cl)c2)C2CCCCC2)CC1. The van der Waals surface area contributed by atoms with Gasteiger partial charge in [-0.05, 0) is 75.4 Å². The number of likely N-dealkylation sites (tertiary alicyclic amines) is 1. The number of nitrogens with one attached hydrogen (secondary N) is 1. The van der Waals surface area contributed by atoms with E-state index < -0.39 is 0 Å². The molecule has 0 spiro atoms. The van der Waals surface area contributed by atoms with Crippen LogP contribution >= 0.6 is 11.6 Å². The maximum absolute atomic E-state index is 6.29. The number of hydrogen-bond donors (Lipinski definition) is 1. The zero-order valence-corrected chi connectivity index (χ0v) is 15.2. The van der Waals surface area contributed by atoms with E-state index in [-0.39, 0.29) is 0 Å². The van der Waals surface area contributed by atoms with E-state index >= 15 is 0 Å². The number of nitrogens with zero attached hydrogens (tertiary/aromatic N) is 1. The monoisotopic (exact) mass is 334 g/mol. The quantitative estimate of drug-likeness (QED) is 0.840. The Morgan fingerprint density at radius 2 is 1.87 bits per heavy atom. The number of piperidine rings is 1. The zero-order valence-electron chi connectivity index (χ0n) is 14.4. The van der Waals surface area contributed by atoms with Gasteiger partial charge in [-0.2, -0.15) is 0 Å². The van der Waals surface area contributed by atoms with Crippen molar-refractivity contribution in [3.63, 3.8) is 0 Å². The van der Waals surface area contributed by atoms with Crippen molar-refractivity contribution in [3.8, 4) is 0 Å². The number of benzene rings is 1. The number of halogens is 1. The highest BCUT2D eigenvalue weighted by Gasteiger charge is 2.28. The van der Waals surface area contributed by atoms with E-state index in [2.05, 4.69) is 35.5 Å². The molecule has 3 heteroatoms. The molecule has 1 heterocycles. The van der Waals surface area contributed by atoms with Crippen LogP contribution < -0.4 is 5.32 Å². The molecule has 1 saturated heterocycles. The molecule has 0 radical (unpaired) electrons. The van der Waals surface area contributed by atoms with Crippen molar-refractivity contribution in [1.29, 1.82) is 0 Å². The Bertz CT molecular complexity index is 476. The van der Waals surface area contributed by atoms with Crippen LogP contribution in [0.2, 0.25) is 5.02 Å². The van der Waals surface area contributed by atoms with Crippen molar-refractivity contribution in [1.82, 2.24) is 10.2 Å². The van der Waals surface area contributed by atoms with Gasteiger partial charge in [-0.3, -0.25) is 0 Å². The largest absolute Gasteiger partial charge is 0.317 e. The van der Waals surface area contributed by atoms with Gasteiger partial charge < -0.3 is 10.2 Å². The number of rotatable bonds is 5. The minimum atomic E-state index is 0.653. The van der Waals surface area contributed by atoms with Crippen LogP contribution in [-0.4, -0.2) is 37.6 Å². The lowest BCUT2D eigenvalue weighted by atomic mass is 9.76. The van der Waals surface area contributed by atoms with Crippen LogP contribution in [0.15, 0.2) is 24.3 Å². The third kappa shape index (κ3) is 4.71. The fraction of sp³-hybridized carbons (Fsp3) is 0.700. The summed E-state index contributed by atoms with van der Waals surface area (Å²) in [5, 5.41) is 4.32. The van der Waals surface area contributed by atoms with E-state index in [0.717, 1.165) is 10.9 Å². The lowest BCUT2D eigenvalue weighted by Crippen LogP contribution is -2.43. The summed E-state index contributed by atoms with van der Waals surface area (Å²) in [6.45, 7) is 3.67. The fourth-order valence-corrected chi connectivity index (χ4v) is 4.68. The molecule has 1 aromatic carbocycles. The van der Waals surface area contributed by atoms with Crippen molar-refractivity contribution in [2.75, 3.05) is 26.7 Å². The molecule has 1 aliphatic heterocycles. The summed E-state index contributed by atoms with van der Waals surface area (Å²) >= 11 is 6.29. The van der Waals surface area contributed by atoms with Crippen molar-refractivity contribution in [2.45, 2.75) is 56.9 Å². The first-order chi connectivity index (χ1) is 11.3. The van der Waals surface area contributed by atoms with Gasteiger partial charge >= 0.3 is 0 Å². The van der Waals surface area contributed by atoms with E-state index in [1.54, 1.807) is 0 Å². The summed E-state index contributed by atoms with van der Waals surface area (Å²) in [7, 11) is 2.09. The molecular formula is C20H31ClN2. The van der Waals surface area contributed by atoms with E-state index in [4.69, 9.17) is 11.6 Å². The summed E-state index contributed by atoms with van der Waals surface area (Å²) in [5.74, 6) is 1.49. The molecule has 3 rings (SSSR count). The van der Waals surface area contributed by atoms with Crippen LogP contribution in [0.4, 0.5) is 0 Å². The van der Waals surface area contributed by atoms with Crippen molar-refractivity contribution in [3.05, 3.63) is 34.9 Å². The van der Waals surface area contributed by atoms with Gasteiger partial charge in [-0.15, -0.1) is 0 Å². The molecule has 0 amide bonds. The second-order valence-electron chi connectivity index (χ2n) is 7.42. The summed E-state index contributed by atoms with van der Waals surface area (Å²) < 4.78 is 0. The Labute approximate surface area is 146 Å². The van der Waals surface area contributed by atoms with Crippen molar-refractivity contribution in [2.24, 2.45) is 5.92 Å². The van der Waals surface area contributed by atoms with E-state index in [1.807, 2.05) is 6.07 Å². The predicted octanol–water partition coefficient (Wildman–Crippen LogP) is 4.69. The Hall–Kier alpha value is -0.570. The summed E-state index contributed by atoms with van der Waals surface area (Å²) in [5.41, 5.74) is 1.46. The molecule has 1 unspecified atom stereocenters. The normalized spacial score (nSPS) is 23.0. The smallest absolute Gasteiger partial charge is 0.0408 e. The van der Waals surface area contributed by atoms with E-state index in [9.17, 15) is 0 Å². The molecule has 1 aromatic rings. The maximum atomic E-state index is 6.29. The predicted molar refractivity (Wildman–Crippen MR) is 99.3 cm³/mol. The molecule has 2 fully saturated rings. The first kappa shape index (κ1) is 17.3. The highest BCUT2D eigenvalue weighted by atomic mass is 35.5. The molecule has 1 N–H and O–H groups in total. The summed E-state index contributed by atoms with van der Waals surface area (Å²) in [6, 6.07) is 9.35. The van der Waals surface area contributed by atoms with Gasteiger partial charge in [0.1, 0.15) is 0 Å². The van der Waals surface area contributed by atoms with Gasteiger partial charge in [-0.1, -0.05) is 43.0 Å². The van der Waals surface area contributed by atoms with Crippen LogP contribution in [0.1, 0.15) is 56.4 Å². The van der Waals surface area contributed by atoms with Gasteiger partial charge in [0.25, 0.3) is 0 Å². The minimum absolute atomic E-state index is 0.653. The zero-order chi connectivity index (χ0) is 16.1. The standard InChI is InChI=1S/C20H31ClN2/c1-22-19-10-12-23(13-11-19)15-20(16-6-3-2-4-7-16)17-8-5-9-18(21)14-17/h5,8-9,14,16,19-20,22H,2-4,6-7,10-13,15H2,1H3. The molecule has 1 saturated carbocycles. The molecule has 23 heavy (non-hydrogen) atoms. The Morgan fingerprint density at radius 3 is 2.52 bits per heavy atom. The Morgan fingerprint density at radius 1 is 1.13 bits per heavy atom. The van der Waals surface area contributed by atoms with E-state index in [1.165, 1.54) is 70.1 Å². The molecule has 2 aliphatic rings. The van der Waals surface area contributed by atoms with Gasteiger partial charge in [-0.25, -0.2) is 0 Å². The van der Waals surface area contributed by atoms with Gasteiger partial charge in [0.05, 0.1) is 0 Å². The molecule has 128 valence electrons. The molecule has 1 atom stereocenters. The average molecular weight is 335 g/mol. The van der Waals surface area contributed by atoms with Crippen LogP contribution in [0.5, 0.6) is 0 Å².